The summed E-state index contributed by atoms with van der Waals surface area (Å²) in [5.41, 5.74) is 6.57. The Labute approximate surface area is 267 Å². The summed E-state index contributed by atoms with van der Waals surface area (Å²) in [5.74, 6) is -0.160. The first-order chi connectivity index (χ1) is 22.2. The third-order valence-corrected chi connectivity index (χ3v) is 15.6. The Morgan fingerprint density at radius 2 is 1.40 bits per heavy atom. The van der Waals surface area contributed by atoms with Gasteiger partial charge in [-0.2, -0.15) is 0 Å². The van der Waals surface area contributed by atoms with Gasteiger partial charge in [0, 0.05) is 17.3 Å². The summed E-state index contributed by atoms with van der Waals surface area (Å²) in [4.78, 5) is 2.44. The Morgan fingerprint density at radius 1 is 0.667 bits per heavy atom. The SMILES string of the molecule is FC1=CC2c3cc([Si](c4ccccc4)(c4ccc(-c5ccccc5)cc4)C4C=CCCC4)ccc3N(C3=CCCC=C3)C2C=C1. The van der Waals surface area contributed by atoms with E-state index < -0.39 is 8.07 Å². The van der Waals surface area contributed by atoms with Crippen LogP contribution in [0.15, 0.2) is 163 Å². The summed E-state index contributed by atoms with van der Waals surface area (Å²) >= 11 is 0. The van der Waals surface area contributed by atoms with E-state index in [1.54, 1.807) is 6.08 Å². The van der Waals surface area contributed by atoms with Crippen LogP contribution in [0.4, 0.5) is 10.1 Å². The Hall–Kier alpha value is -4.47. The van der Waals surface area contributed by atoms with Crippen molar-refractivity contribution in [3.63, 3.8) is 0 Å². The molecule has 0 bridgehead atoms. The van der Waals surface area contributed by atoms with Gasteiger partial charge in [-0.1, -0.05) is 127 Å². The molecular weight excluding hydrogens is 566 g/mol. The van der Waals surface area contributed by atoms with Crippen molar-refractivity contribution in [2.75, 3.05) is 4.90 Å². The van der Waals surface area contributed by atoms with Crippen LogP contribution in [-0.2, 0) is 0 Å². The molecule has 3 heteroatoms. The molecule has 8 rings (SSSR count). The van der Waals surface area contributed by atoms with Crippen LogP contribution in [0.25, 0.3) is 11.1 Å². The summed E-state index contributed by atoms with van der Waals surface area (Å²) < 4.78 is 14.9. The molecule has 1 heterocycles. The largest absolute Gasteiger partial charge is 0.334 e. The van der Waals surface area contributed by atoms with Gasteiger partial charge in [-0.3, -0.25) is 0 Å². The molecule has 0 radical (unpaired) electrons. The molecule has 4 aromatic rings. The maximum absolute atomic E-state index is 14.9. The molecule has 4 aromatic carbocycles. The van der Waals surface area contributed by atoms with Crippen LogP contribution < -0.4 is 20.5 Å². The van der Waals surface area contributed by atoms with Gasteiger partial charge in [-0.25, -0.2) is 4.39 Å². The molecule has 0 fully saturated rings. The molecular formula is C42H38FNSi. The first kappa shape index (κ1) is 28.0. The average molecular weight is 604 g/mol. The van der Waals surface area contributed by atoms with E-state index in [0.29, 0.717) is 5.54 Å². The number of allylic oxidation sites excluding steroid dienone is 7. The van der Waals surface area contributed by atoms with E-state index in [4.69, 9.17) is 0 Å². The van der Waals surface area contributed by atoms with Gasteiger partial charge in [-0.05, 0) is 94.2 Å². The molecule has 4 atom stereocenters. The normalized spacial score (nSPS) is 23.1. The van der Waals surface area contributed by atoms with E-state index >= 15 is 0 Å². The van der Waals surface area contributed by atoms with Crippen molar-refractivity contribution < 1.29 is 4.39 Å². The van der Waals surface area contributed by atoms with Crippen LogP contribution in [-0.4, -0.2) is 14.1 Å². The lowest BCUT2D eigenvalue weighted by atomic mass is 9.91. The Balaban J connectivity index is 1.35. The molecule has 45 heavy (non-hydrogen) atoms. The van der Waals surface area contributed by atoms with Gasteiger partial charge in [0.2, 0.25) is 0 Å². The average Bonchev–Trinajstić information content (AvgIpc) is 3.43. The zero-order chi connectivity index (χ0) is 30.2. The minimum atomic E-state index is -2.59. The van der Waals surface area contributed by atoms with E-state index in [0.717, 1.165) is 19.3 Å². The molecule has 0 amide bonds. The maximum atomic E-state index is 14.9. The number of hydrogen-bond donors (Lipinski definition) is 0. The van der Waals surface area contributed by atoms with Crippen molar-refractivity contribution >= 4 is 29.3 Å². The van der Waals surface area contributed by atoms with E-state index in [-0.39, 0.29) is 17.8 Å². The molecule has 0 saturated heterocycles. The predicted molar refractivity (Wildman–Crippen MR) is 190 cm³/mol. The highest BCUT2D eigenvalue weighted by Gasteiger charge is 2.47. The summed E-state index contributed by atoms with van der Waals surface area (Å²) in [6, 6.07) is 38.7. The number of halogens is 1. The number of anilines is 1. The minimum Gasteiger partial charge on any atom is -0.334 e. The minimum absolute atomic E-state index is 0.0222. The van der Waals surface area contributed by atoms with E-state index in [2.05, 4.69) is 144 Å². The topological polar surface area (TPSA) is 3.24 Å². The van der Waals surface area contributed by atoms with E-state index in [1.165, 1.54) is 56.5 Å². The second kappa shape index (κ2) is 11.8. The quantitative estimate of drug-likeness (QED) is 0.121. The van der Waals surface area contributed by atoms with Crippen LogP contribution in [0.5, 0.6) is 0 Å². The smallest absolute Gasteiger partial charge is 0.154 e. The molecule has 4 unspecified atom stereocenters. The van der Waals surface area contributed by atoms with Gasteiger partial charge >= 0.3 is 0 Å². The van der Waals surface area contributed by atoms with Gasteiger partial charge in [0.25, 0.3) is 0 Å². The maximum Gasteiger partial charge on any atom is 0.154 e. The lowest BCUT2D eigenvalue weighted by Gasteiger charge is -2.41. The fourth-order valence-corrected chi connectivity index (χ4v) is 13.8. The zero-order valence-corrected chi connectivity index (χ0v) is 26.5. The monoisotopic (exact) mass is 603 g/mol. The van der Waals surface area contributed by atoms with Crippen molar-refractivity contribution in [3.8, 4) is 11.1 Å². The highest BCUT2D eigenvalue weighted by molar-refractivity contribution is 7.12. The lowest BCUT2D eigenvalue weighted by Crippen LogP contribution is -2.69. The molecule has 0 spiro atoms. The molecule has 1 nitrogen and oxygen atoms in total. The number of rotatable bonds is 6. The van der Waals surface area contributed by atoms with Crippen molar-refractivity contribution in [2.24, 2.45) is 0 Å². The summed E-state index contributed by atoms with van der Waals surface area (Å²) in [7, 11) is -2.59. The Morgan fingerprint density at radius 3 is 2.13 bits per heavy atom. The van der Waals surface area contributed by atoms with Gasteiger partial charge in [0.1, 0.15) is 5.83 Å². The van der Waals surface area contributed by atoms with Crippen molar-refractivity contribution in [1.82, 2.24) is 0 Å². The molecule has 0 N–H and O–H groups in total. The Bertz CT molecular complexity index is 1850. The second-order valence-corrected chi connectivity index (χ2v) is 16.9. The zero-order valence-electron chi connectivity index (χ0n) is 25.5. The highest BCUT2D eigenvalue weighted by Crippen LogP contribution is 2.47. The number of hydrogen-bond acceptors (Lipinski definition) is 1. The van der Waals surface area contributed by atoms with Crippen molar-refractivity contribution in [2.45, 2.75) is 49.6 Å². The molecule has 4 aliphatic rings. The summed E-state index contributed by atoms with van der Waals surface area (Å²) in [6.45, 7) is 0. The number of nitrogens with zero attached hydrogens (tertiary/aromatic N) is 1. The fourth-order valence-electron chi connectivity index (χ4n) is 8.27. The first-order valence-electron chi connectivity index (χ1n) is 16.5. The number of fused-ring (bicyclic) bond motifs is 3. The van der Waals surface area contributed by atoms with Crippen LogP contribution >= 0.6 is 0 Å². The highest BCUT2D eigenvalue weighted by atomic mass is 28.3. The van der Waals surface area contributed by atoms with Crippen LogP contribution in [0.2, 0.25) is 5.54 Å². The van der Waals surface area contributed by atoms with Gasteiger partial charge < -0.3 is 4.90 Å². The molecule has 0 aromatic heterocycles. The van der Waals surface area contributed by atoms with Crippen LogP contribution in [0.1, 0.15) is 43.6 Å². The molecule has 1 aliphatic heterocycles. The lowest BCUT2D eigenvalue weighted by molar-refractivity contribution is 0.622. The van der Waals surface area contributed by atoms with Crippen molar-refractivity contribution in [3.05, 3.63) is 169 Å². The van der Waals surface area contributed by atoms with Crippen LogP contribution in [0.3, 0.4) is 0 Å². The van der Waals surface area contributed by atoms with E-state index in [9.17, 15) is 4.39 Å². The third kappa shape index (κ3) is 4.81. The van der Waals surface area contributed by atoms with Gasteiger partial charge in [0.15, 0.2) is 8.07 Å². The van der Waals surface area contributed by atoms with Gasteiger partial charge in [-0.15, -0.1) is 0 Å². The van der Waals surface area contributed by atoms with Crippen LogP contribution in [0, 0.1) is 0 Å². The standard InChI is InChI=1S/C42H38FNSi/c43-33-23-27-41-39(29-33)40-30-38(26-28-42(40)44(41)34-15-7-2-8-16-34)45(35-17-9-3-10-18-35,36-19-11-4-12-20-36)37-24-21-32(22-25-37)31-13-5-1-6-14-31/h1,3,5-7,9-11,13-19,21-30,36,39,41H,2,4,8,12,20H2. The summed E-state index contributed by atoms with van der Waals surface area (Å²) in [6.07, 6.45) is 23.0. The molecule has 3 aliphatic carbocycles. The van der Waals surface area contributed by atoms with Gasteiger partial charge in [0.05, 0.1) is 6.04 Å². The molecule has 0 saturated carbocycles. The predicted octanol–water partition coefficient (Wildman–Crippen LogP) is 8.86. The first-order valence-corrected chi connectivity index (χ1v) is 18.6. The third-order valence-electron chi connectivity index (χ3n) is 10.3. The second-order valence-electron chi connectivity index (χ2n) is 12.8. The summed E-state index contributed by atoms with van der Waals surface area (Å²) in [5, 5.41) is 4.27. The van der Waals surface area contributed by atoms with E-state index in [1.807, 2.05) is 6.08 Å². The Kier molecular flexibility index (Phi) is 7.35. The molecule has 222 valence electrons. The number of benzene rings is 4. The van der Waals surface area contributed by atoms with Crippen molar-refractivity contribution in [1.29, 1.82) is 0 Å². The fraction of sp³-hybridized carbons (Fsp3) is 0.190.